The maximum absolute atomic E-state index is 10.5. The van der Waals surface area contributed by atoms with E-state index in [2.05, 4.69) is 4.98 Å². The Morgan fingerprint density at radius 2 is 2.38 bits per heavy atom. The van der Waals surface area contributed by atoms with Crippen molar-refractivity contribution in [3.63, 3.8) is 0 Å². The summed E-state index contributed by atoms with van der Waals surface area (Å²) < 4.78 is 1.37. The summed E-state index contributed by atoms with van der Waals surface area (Å²) >= 11 is 5.68. The number of nitrogens with zero attached hydrogens (tertiary/aromatic N) is 3. The van der Waals surface area contributed by atoms with E-state index in [9.17, 15) is 10.1 Å². The van der Waals surface area contributed by atoms with Crippen LogP contribution < -0.4 is 0 Å². The molecule has 0 spiro atoms. The highest BCUT2D eigenvalue weighted by molar-refractivity contribution is 6.30. The first-order valence-corrected chi connectivity index (χ1v) is 3.83. The monoisotopic (exact) mass is 197 g/mol. The van der Waals surface area contributed by atoms with Crippen molar-refractivity contribution in [2.45, 2.75) is 0 Å². The Morgan fingerprint density at radius 3 is 3.08 bits per heavy atom. The molecular formula is C7H4ClN3O2. The number of nitro groups is 1. The lowest BCUT2D eigenvalue weighted by molar-refractivity contribution is -0.390. The Labute approximate surface area is 77.7 Å². The molecular weight excluding hydrogens is 194 g/mol. The van der Waals surface area contributed by atoms with Crippen molar-refractivity contribution in [3.8, 4) is 0 Å². The molecule has 0 fully saturated rings. The molecule has 0 aliphatic heterocycles. The van der Waals surface area contributed by atoms with Gasteiger partial charge in [0.1, 0.15) is 6.20 Å². The van der Waals surface area contributed by atoms with Crippen LogP contribution in [0.1, 0.15) is 0 Å². The molecule has 0 N–H and O–H groups in total. The fraction of sp³-hybridized carbons (Fsp3) is 0. The average molecular weight is 198 g/mol. The Balaban J connectivity index is 2.76. The zero-order valence-electron chi connectivity index (χ0n) is 6.35. The number of hydrogen-bond donors (Lipinski definition) is 0. The molecule has 2 heterocycles. The molecule has 0 aliphatic rings. The summed E-state index contributed by atoms with van der Waals surface area (Å²) in [4.78, 5) is 13.8. The summed E-state index contributed by atoms with van der Waals surface area (Å²) in [5.74, 6) is -0.0633. The van der Waals surface area contributed by atoms with Gasteiger partial charge in [-0.05, 0) is 11.0 Å². The zero-order valence-corrected chi connectivity index (χ0v) is 7.10. The van der Waals surface area contributed by atoms with E-state index in [1.54, 1.807) is 12.1 Å². The van der Waals surface area contributed by atoms with Gasteiger partial charge in [-0.25, -0.2) is 4.98 Å². The van der Waals surface area contributed by atoms with Crippen molar-refractivity contribution in [2.75, 3.05) is 0 Å². The Kier molecular flexibility index (Phi) is 1.66. The molecule has 0 saturated heterocycles. The minimum Gasteiger partial charge on any atom is -0.358 e. The number of rotatable bonds is 1. The van der Waals surface area contributed by atoms with Crippen LogP contribution in [0.2, 0.25) is 5.02 Å². The van der Waals surface area contributed by atoms with Crippen molar-refractivity contribution in [1.82, 2.24) is 9.38 Å². The molecule has 6 heteroatoms. The van der Waals surface area contributed by atoms with E-state index in [1.807, 2.05) is 0 Å². The first-order valence-electron chi connectivity index (χ1n) is 3.45. The van der Waals surface area contributed by atoms with E-state index in [4.69, 9.17) is 11.6 Å². The number of halogens is 1. The van der Waals surface area contributed by atoms with Gasteiger partial charge >= 0.3 is 5.82 Å². The van der Waals surface area contributed by atoms with Crippen LogP contribution >= 0.6 is 11.6 Å². The van der Waals surface area contributed by atoms with E-state index in [1.165, 1.54) is 16.8 Å². The van der Waals surface area contributed by atoms with Crippen molar-refractivity contribution in [1.29, 1.82) is 0 Å². The highest BCUT2D eigenvalue weighted by Gasteiger charge is 2.12. The predicted octanol–water partition coefficient (Wildman–Crippen LogP) is 1.90. The van der Waals surface area contributed by atoms with Gasteiger partial charge in [-0.2, -0.15) is 4.40 Å². The lowest BCUT2D eigenvalue weighted by Crippen LogP contribution is -1.92. The summed E-state index contributed by atoms with van der Waals surface area (Å²) in [5, 5.41) is 11.0. The molecule has 0 radical (unpaired) electrons. The van der Waals surface area contributed by atoms with Crippen LogP contribution in [0.4, 0.5) is 5.82 Å². The topological polar surface area (TPSA) is 60.4 Å². The first-order chi connectivity index (χ1) is 6.18. The van der Waals surface area contributed by atoms with Crippen molar-refractivity contribution < 1.29 is 4.92 Å². The molecule has 2 rings (SSSR count). The van der Waals surface area contributed by atoms with Gasteiger partial charge in [0, 0.05) is 6.07 Å². The molecule has 5 nitrogen and oxygen atoms in total. The van der Waals surface area contributed by atoms with Crippen LogP contribution in [-0.4, -0.2) is 14.3 Å². The Morgan fingerprint density at radius 1 is 1.62 bits per heavy atom. The lowest BCUT2D eigenvalue weighted by Gasteiger charge is -1.92. The Bertz CT molecular complexity index is 480. The first kappa shape index (κ1) is 8.00. The van der Waals surface area contributed by atoms with Gasteiger partial charge in [0.25, 0.3) is 0 Å². The van der Waals surface area contributed by atoms with Crippen molar-refractivity contribution >= 4 is 23.1 Å². The molecule has 0 bridgehead atoms. The predicted molar refractivity (Wildman–Crippen MR) is 46.9 cm³/mol. The van der Waals surface area contributed by atoms with Gasteiger partial charge in [-0.15, -0.1) is 0 Å². The van der Waals surface area contributed by atoms with E-state index in [0.29, 0.717) is 10.7 Å². The van der Waals surface area contributed by atoms with Gasteiger partial charge < -0.3 is 10.1 Å². The molecule has 66 valence electrons. The maximum atomic E-state index is 10.5. The van der Waals surface area contributed by atoms with Gasteiger partial charge in [0.05, 0.1) is 11.2 Å². The van der Waals surface area contributed by atoms with Gasteiger partial charge in [-0.3, -0.25) is 0 Å². The smallest absolute Gasteiger partial charge is 0.347 e. The lowest BCUT2D eigenvalue weighted by atomic mass is 10.5. The molecule has 0 atom stereocenters. The molecule has 0 amide bonds. The second-order valence-corrected chi connectivity index (χ2v) is 2.88. The number of hydrogen-bond acceptors (Lipinski definition) is 3. The zero-order chi connectivity index (χ0) is 9.42. The average Bonchev–Trinajstić information content (AvgIpc) is 2.46. The SMILES string of the molecule is O=[N+]([O-])c1cnc2cc(Cl)ccn12. The van der Waals surface area contributed by atoms with Crippen LogP contribution in [0.25, 0.3) is 5.65 Å². The van der Waals surface area contributed by atoms with E-state index in [-0.39, 0.29) is 5.82 Å². The largest absolute Gasteiger partial charge is 0.358 e. The second-order valence-electron chi connectivity index (χ2n) is 2.45. The fourth-order valence-corrected chi connectivity index (χ4v) is 1.23. The molecule has 0 unspecified atom stereocenters. The Hall–Kier alpha value is -1.62. The number of aromatic nitrogens is 2. The summed E-state index contributed by atoms with van der Waals surface area (Å²) in [6, 6.07) is 3.14. The highest BCUT2D eigenvalue weighted by Crippen LogP contribution is 2.17. The molecule has 2 aromatic rings. The third kappa shape index (κ3) is 1.23. The molecule has 0 aliphatic carbocycles. The summed E-state index contributed by atoms with van der Waals surface area (Å²) in [6.07, 6.45) is 2.72. The van der Waals surface area contributed by atoms with Crippen molar-refractivity contribution in [2.24, 2.45) is 0 Å². The van der Waals surface area contributed by atoms with E-state index < -0.39 is 4.92 Å². The summed E-state index contributed by atoms with van der Waals surface area (Å²) in [7, 11) is 0. The third-order valence-electron chi connectivity index (χ3n) is 1.64. The van der Waals surface area contributed by atoms with Crippen LogP contribution in [0.5, 0.6) is 0 Å². The fourth-order valence-electron chi connectivity index (χ4n) is 1.08. The van der Waals surface area contributed by atoms with Crippen LogP contribution in [0.15, 0.2) is 24.5 Å². The quantitative estimate of drug-likeness (QED) is 0.518. The summed E-state index contributed by atoms with van der Waals surface area (Å²) in [5.41, 5.74) is 0.471. The van der Waals surface area contributed by atoms with E-state index >= 15 is 0 Å². The molecule has 0 saturated carbocycles. The van der Waals surface area contributed by atoms with Gasteiger partial charge in [0.2, 0.25) is 5.65 Å². The highest BCUT2D eigenvalue weighted by atomic mass is 35.5. The second kappa shape index (κ2) is 2.70. The molecule has 0 aromatic carbocycles. The number of imidazole rings is 1. The van der Waals surface area contributed by atoms with Crippen molar-refractivity contribution in [3.05, 3.63) is 39.7 Å². The minimum atomic E-state index is -0.492. The van der Waals surface area contributed by atoms with Gasteiger partial charge in [0.15, 0.2) is 0 Å². The van der Waals surface area contributed by atoms with E-state index in [0.717, 1.165) is 0 Å². The van der Waals surface area contributed by atoms with Crippen LogP contribution in [0.3, 0.4) is 0 Å². The van der Waals surface area contributed by atoms with Crippen LogP contribution in [-0.2, 0) is 0 Å². The molecule has 2 aromatic heterocycles. The number of fused-ring (bicyclic) bond motifs is 1. The summed E-state index contributed by atoms with van der Waals surface area (Å²) in [6.45, 7) is 0. The maximum Gasteiger partial charge on any atom is 0.347 e. The minimum absolute atomic E-state index is 0.0633. The molecule has 13 heavy (non-hydrogen) atoms. The van der Waals surface area contributed by atoms with Crippen LogP contribution in [0, 0.1) is 10.1 Å². The number of pyridine rings is 1. The van der Waals surface area contributed by atoms with Gasteiger partial charge in [-0.1, -0.05) is 11.6 Å². The third-order valence-corrected chi connectivity index (χ3v) is 1.88. The standard InChI is InChI=1S/C7H4ClN3O2/c8-5-1-2-10-6(3-5)9-4-7(10)11(12)13/h1-4H. The normalized spacial score (nSPS) is 10.5.